The van der Waals surface area contributed by atoms with Crippen LogP contribution in [0, 0.1) is 0 Å². The van der Waals surface area contributed by atoms with Crippen molar-refractivity contribution in [3.05, 3.63) is 223 Å². The van der Waals surface area contributed by atoms with Gasteiger partial charge in [-0.25, -0.2) is 15.0 Å². The Morgan fingerprint density at radius 2 is 0.825 bits per heavy atom. The SMILES string of the molecule is CC1(C)c2ccccc2-c2c(-c3nc(-c4cccc(-c5cccc(-c6c7ccccc7cc7c6ccc6ccccc67)c5)c4)nc(-c4ccccc4-c4ccccc4)n3)cccc21. The highest BCUT2D eigenvalue weighted by molar-refractivity contribution is 6.20. The van der Waals surface area contributed by atoms with E-state index >= 15 is 0 Å². The molecule has 10 aromatic carbocycles. The summed E-state index contributed by atoms with van der Waals surface area (Å²) in [6, 6.07) is 76.2. The molecule has 0 saturated carbocycles. The molecule has 0 fully saturated rings. The lowest BCUT2D eigenvalue weighted by Crippen LogP contribution is -2.14. The van der Waals surface area contributed by atoms with Crippen molar-refractivity contribution < 1.29 is 0 Å². The van der Waals surface area contributed by atoms with E-state index in [1.807, 2.05) is 0 Å². The predicted molar refractivity (Wildman–Crippen MR) is 263 cm³/mol. The van der Waals surface area contributed by atoms with Crippen molar-refractivity contribution >= 4 is 32.3 Å². The van der Waals surface area contributed by atoms with Crippen LogP contribution in [0.3, 0.4) is 0 Å². The van der Waals surface area contributed by atoms with Crippen molar-refractivity contribution in [2.45, 2.75) is 19.3 Å². The highest BCUT2D eigenvalue weighted by Gasteiger charge is 2.37. The second-order valence-corrected chi connectivity index (χ2v) is 17.1. The largest absolute Gasteiger partial charge is 0.208 e. The minimum atomic E-state index is -0.157. The van der Waals surface area contributed by atoms with Crippen molar-refractivity contribution in [2.75, 3.05) is 0 Å². The van der Waals surface area contributed by atoms with Crippen LogP contribution in [0.4, 0.5) is 0 Å². The topological polar surface area (TPSA) is 38.7 Å². The number of hydrogen-bond acceptors (Lipinski definition) is 3. The summed E-state index contributed by atoms with van der Waals surface area (Å²) in [4.78, 5) is 16.0. The van der Waals surface area contributed by atoms with Crippen molar-refractivity contribution in [3.63, 3.8) is 0 Å². The van der Waals surface area contributed by atoms with Gasteiger partial charge in [-0.15, -0.1) is 0 Å². The molecule has 0 amide bonds. The van der Waals surface area contributed by atoms with E-state index < -0.39 is 0 Å². The van der Waals surface area contributed by atoms with Crippen LogP contribution in [0.1, 0.15) is 25.0 Å². The van der Waals surface area contributed by atoms with Crippen LogP contribution < -0.4 is 0 Å². The van der Waals surface area contributed by atoms with Crippen LogP contribution >= 0.6 is 0 Å². The van der Waals surface area contributed by atoms with Gasteiger partial charge in [0.2, 0.25) is 0 Å². The smallest absolute Gasteiger partial charge is 0.164 e. The van der Waals surface area contributed by atoms with Crippen molar-refractivity contribution in [1.82, 2.24) is 15.0 Å². The van der Waals surface area contributed by atoms with Crippen molar-refractivity contribution in [1.29, 1.82) is 0 Å². The molecule has 11 aromatic rings. The van der Waals surface area contributed by atoms with E-state index in [2.05, 4.69) is 226 Å². The molecule has 0 unspecified atom stereocenters. The molecule has 296 valence electrons. The Kier molecular flexibility index (Phi) is 8.52. The quantitative estimate of drug-likeness (QED) is 0.124. The first-order valence-electron chi connectivity index (χ1n) is 21.7. The van der Waals surface area contributed by atoms with Crippen LogP contribution in [0.15, 0.2) is 212 Å². The molecule has 0 radical (unpaired) electrons. The third kappa shape index (κ3) is 6.07. The molecule has 1 aliphatic rings. The minimum absolute atomic E-state index is 0.157. The van der Waals surface area contributed by atoms with Gasteiger partial charge in [-0.05, 0) is 106 Å². The van der Waals surface area contributed by atoms with Gasteiger partial charge in [-0.2, -0.15) is 0 Å². The van der Waals surface area contributed by atoms with Gasteiger partial charge in [0, 0.05) is 22.1 Å². The lowest BCUT2D eigenvalue weighted by molar-refractivity contribution is 0.660. The van der Waals surface area contributed by atoms with Crippen LogP contribution in [0.5, 0.6) is 0 Å². The third-order valence-corrected chi connectivity index (χ3v) is 13.1. The average Bonchev–Trinajstić information content (AvgIpc) is 3.59. The summed E-state index contributed by atoms with van der Waals surface area (Å²) in [5.74, 6) is 1.93. The Balaban J connectivity index is 1.04. The number of fused-ring (bicyclic) bond motifs is 7. The van der Waals surface area contributed by atoms with E-state index in [1.54, 1.807) is 0 Å². The molecule has 0 aliphatic heterocycles. The normalized spacial score (nSPS) is 12.7. The van der Waals surface area contributed by atoms with E-state index in [-0.39, 0.29) is 5.41 Å². The lowest BCUT2D eigenvalue weighted by Gasteiger charge is -2.21. The zero-order valence-corrected chi connectivity index (χ0v) is 35.0. The standard InChI is InChI=1S/C60H41N3/c1-60(2)53-31-13-12-29-50(53)56-51(30-16-32-54(56)60)59-62-57(61-58(63-59)49-28-11-10-25-45(49)38-17-4-3-5-18-38)44-24-15-22-41(36-44)40-21-14-23-43(35-40)55-47-27-9-7-20-42(47)37-52-46-26-8-6-19-39(46)33-34-48(52)55/h3-37H,1-2H3. The van der Waals surface area contributed by atoms with E-state index in [1.165, 1.54) is 65.7 Å². The molecule has 0 saturated heterocycles. The van der Waals surface area contributed by atoms with Gasteiger partial charge in [-0.3, -0.25) is 0 Å². The molecular weight excluding hydrogens is 763 g/mol. The molecule has 1 aliphatic carbocycles. The number of nitrogens with zero attached hydrogens (tertiary/aromatic N) is 3. The van der Waals surface area contributed by atoms with E-state index in [9.17, 15) is 0 Å². The molecule has 63 heavy (non-hydrogen) atoms. The Hall–Kier alpha value is -8.01. The fraction of sp³-hybridized carbons (Fsp3) is 0.0500. The van der Waals surface area contributed by atoms with Crippen LogP contribution in [0.25, 0.3) is 111 Å². The maximum atomic E-state index is 5.37. The highest BCUT2D eigenvalue weighted by Crippen LogP contribution is 2.52. The highest BCUT2D eigenvalue weighted by atomic mass is 15.0. The van der Waals surface area contributed by atoms with Gasteiger partial charge in [0.25, 0.3) is 0 Å². The van der Waals surface area contributed by atoms with Crippen LogP contribution in [-0.4, -0.2) is 15.0 Å². The van der Waals surface area contributed by atoms with Gasteiger partial charge < -0.3 is 0 Å². The number of aromatic nitrogens is 3. The molecule has 0 spiro atoms. The molecule has 1 aromatic heterocycles. The predicted octanol–water partition coefficient (Wildman–Crippen LogP) is 15.6. The Morgan fingerprint density at radius 3 is 1.63 bits per heavy atom. The maximum Gasteiger partial charge on any atom is 0.164 e. The molecular formula is C60H41N3. The molecule has 3 heteroatoms. The molecule has 0 N–H and O–H groups in total. The monoisotopic (exact) mass is 803 g/mol. The molecule has 0 bridgehead atoms. The summed E-state index contributed by atoms with van der Waals surface area (Å²) in [5, 5.41) is 7.50. The number of hydrogen-bond donors (Lipinski definition) is 0. The Bertz CT molecular complexity index is 3600. The molecule has 3 nitrogen and oxygen atoms in total. The second kappa shape index (κ2) is 14.6. The molecule has 12 rings (SSSR count). The first-order chi connectivity index (χ1) is 31.0. The van der Waals surface area contributed by atoms with Gasteiger partial charge in [0.1, 0.15) is 0 Å². The maximum absolute atomic E-state index is 5.37. The van der Waals surface area contributed by atoms with Gasteiger partial charge in [0.05, 0.1) is 0 Å². The van der Waals surface area contributed by atoms with E-state index in [4.69, 9.17) is 15.0 Å². The summed E-state index contributed by atoms with van der Waals surface area (Å²) in [5.41, 5.74) is 14.6. The van der Waals surface area contributed by atoms with Gasteiger partial charge in [0.15, 0.2) is 17.5 Å². The van der Waals surface area contributed by atoms with E-state index in [0.29, 0.717) is 17.5 Å². The molecule has 1 heterocycles. The Morgan fingerprint density at radius 1 is 0.286 bits per heavy atom. The summed E-state index contributed by atoms with van der Waals surface area (Å²) < 4.78 is 0. The fourth-order valence-corrected chi connectivity index (χ4v) is 10.1. The Labute approximate surface area is 367 Å². The van der Waals surface area contributed by atoms with Crippen LogP contribution in [-0.2, 0) is 5.41 Å². The summed E-state index contributed by atoms with van der Waals surface area (Å²) in [6.07, 6.45) is 0. The van der Waals surface area contributed by atoms with Crippen molar-refractivity contribution in [3.8, 4) is 78.7 Å². The number of benzene rings is 10. The second-order valence-electron chi connectivity index (χ2n) is 17.1. The average molecular weight is 804 g/mol. The summed E-state index contributed by atoms with van der Waals surface area (Å²) >= 11 is 0. The zero-order chi connectivity index (χ0) is 42.1. The minimum Gasteiger partial charge on any atom is -0.208 e. The first-order valence-corrected chi connectivity index (χ1v) is 21.7. The fourth-order valence-electron chi connectivity index (χ4n) is 10.1. The van der Waals surface area contributed by atoms with E-state index in [0.717, 1.165) is 38.9 Å². The third-order valence-electron chi connectivity index (χ3n) is 13.1. The van der Waals surface area contributed by atoms with Crippen molar-refractivity contribution in [2.24, 2.45) is 0 Å². The molecule has 0 atom stereocenters. The van der Waals surface area contributed by atoms with Crippen LogP contribution in [0.2, 0.25) is 0 Å². The zero-order valence-electron chi connectivity index (χ0n) is 35.0. The van der Waals surface area contributed by atoms with Gasteiger partial charge >= 0.3 is 0 Å². The number of rotatable bonds is 6. The lowest BCUT2D eigenvalue weighted by atomic mass is 9.82. The summed E-state index contributed by atoms with van der Waals surface area (Å²) in [7, 11) is 0. The summed E-state index contributed by atoms with van der Waals surface area (Å²) in [6.45, 7) is 4.63. The van der Waals surface area contributed by atoms with Gasteiger partial charge in [-0.1, -0.05) is 208 Å². The first kappa shape index (κ1) is 36.8.